The summed E-state index contributed by atoms with van der Waals surface area (Å²) in [6, 6.07) is 23.8. The van der Waals surface area contributed by atoms with Gasteiger partial charge in [0.1, 0.15) is 12.4 Å². The Morgan fingerprint density at radius 1 is 0.897 bits per heavy atom. The highest BCUT2D eigenvalue weighted by atomic mass is 16.5. The van der Waals surface area contributed by atoms with Crippen molar-refractivity contribution < 1.29 is 19.1 Å². The van der Waals surface area contributed by atoms with Crippen LogP contribution in [0.4, 0.5) is 5.69 Å². The van der Waals surface area contributed by atoms with Gasteiger partial charge in [0.15, 0.2) is 6.10 Å². The summed E-state index contributed by atoms with van der Waals surface area (Å²) in [6.07, 6.45) is -0.912. The quantitative estimate of drug-likeness (QED) is 0.592. The summed E-state index contributed by atoms with van der Waals surface area (Å²) in [5, 5.41) is 2.73. The van der Waals surface area contributed by atoms with Crippen LogP contribution in [0.5, 0.6) is 5.75 Å². The summed E-state index contributed by atoms with van der Waals surface area (Å²) in [7, 11) is 0. The van der Waals surface area contributed by atoms with Crippen molar-refractivity contribution in [3.8, 4) is 5.75 Å². The molecule has 0 bridgehead atoms. The molecule has 0 unspecified atom stereocenters. The standard InChI is InChI=1S/C24H23NO4/c1-17-8-14-21(15-9-17)25-23(26)18(2)29-24(27)20-12-10-19(11-13-20)16-28-22-6-4-3-5-7-22/h3-15,18H,16H2,1-2H3,(H,25,26)/t18-/m1/s1. The lowest BCUT2D eigenvalue weighted by Crippen LogP contribution is -2.30. The van der Waals surface area contributed by atoms with Crippen molar-refractivity contribution in [2.24, 2.45) is 0 Å². The second kappa shape index (κ2) is 9.55. The number of rotatable bonds is 7. The number of hydrogen-bond donors (Lipinski definition) is 1. The van der Waals surface area contributed by atoms with Gasteiger partial charge in [0.2, 0.25) is 0 Å². The van der Waals surface area contributed by atoms with Gasteiger partial charge in [0.05, 0.1) is 5.56 Å². The van der Waals surface area contributed by atoms with E-state index in [1.165, 1.54) is 0 Å². The molecule has 5 heteroatoms. The highest BCUT2D eigenvalue weighted by Crippen LogP contribution is 2.14. The van der Waals surface area contributed by atoms with Crippen LogP contribution in [0, 0.1) is 6.92 Å². The van der Waals surface area contributed by atoms with Crippen LogP contribution in [-0.4, -0.2) is 18.0 Å². The first-order valence-electron chi connectivity index (χ1n) is 9.36. The van der Waals surface area contributed by atoms with Crippen LogP contribution in [0.25, 0.3) is 0 Å². The summed E-state index contributed by atoms with van der Waals surface area (Å²) in [4.78, 5) is 24.5. The molecule has 3 rings (SSSR count). The molecular formula is C24H23NO4. The van der Waals surface area contributed by atoms with Gasteiger partial charge in [-0.15, -0.1) is 0 Å². The summed E-state index contributed by atoms with van der Waals surface area (Å²) < 4.78 is 11.0. The van der Waals surface area contributed by atoms with Crippen LogP contribution in [0.3, 0.4) is 0 Å². The molecule has 3 aromatic carbocycles. The minimum atomic E-state index is -0.912. The number of amides is 1. The number of carbonyl (C=O) groups is 2. The van der Waals surface area contributed by atoms with Crippen LogP contribution >= 0.6 is 0 Å². The fraction of sp³-hybridized carbons (Fsp3) is 0.167. The fourth-order valence-corrected chi connectivity index (χ4v) is 2.58. The molecule has 0 heterocycles. The lowest BCUT2D eigenvalue weighted by molar-refractivity contribution is -0.123. The molecule has 0 fully saturated rings. The van der Waals surface area contributed by atoms with Crippen molar-refractivity contribution in [1.29, 1.82) is 0 Å². The van der Waals surface area contributed by atoms with Gasteiger partial charge < -0.3 is 14.8 Å². The number of ether oxygens (including phenoxy) is 2. The maximum Gasteiger partial charge on any atom is 0.338 e. The van der Waals surface area contributed by atoms with Crippen molar-refractivity contribution in [1.82, 2.24) is 0 Å². The van der Waals surface area contributed by atoms with Crippen molar-refractivity contribution in [2.45, 2.75) is 26.6 Å². The third-order valence-corrected chi connectivity index (χ3v) is 4.31. The normalized spacial score (nSPS) is 11.4. The van der Waals surface area contributed by atoms with E-state index in [0.717, 1.165) is 16.9 Å². The van der Waals surface area contributed by atoms with E-state index in [-0.39, 0.29) is 5.91 Å². The second-order valence-electron chi connectivity index (χ2n) is 6.70. The van der Waals surface area contributed by atoms with E-state index in [9.17, 15) is 9.59 Å². The van der Waals surface area contributed by atoms with E-state index in [2.05, 4.69) is 5.32 Å². The monoisotopic (exact) mass is 389 g/mol. The highest BCUT2D eigenvalue weighted by Gasteiger charge is 2.19. The molecule has 0 radical (unpaired) electrons. The van der Waals surface area contributed by atoms with Gasteiger partial charge in [0, 0.05) is 5.69 Å². The Bertz CT molecular complexity index is 950. The van der Waals surface area contributed by atoms with Gasteiger partial charge in [-0.1, -0.05) is 48.0 Å². The Labute approximate surface area is 170 Å². The Kier molecular flexibility index (Phi) is 6.63. The second-order valence-corrected chi connectivity index (χ2v) is 6.70. The van der Waals surface area contributed by atoms with E-state index in [4.69, 9.17) is 9.47 Å². The highest BCUT2D eigenvalue weighted by molar-refractivity contribution is 5.97. The van der Waals surface area contributed by atoms with Gasteiger partial charge in [-0.05, 0) is 55.8 Å². The molecule has 0 aliphatic heterocycles. The maximum absolute atomic E-state index is 12.3. The maximum atomic E-state index is 12.3. The van der Waals surface area contributed by atoms with Crippen LogP contribution in [0.1, 0.15) is 28.4 Å². The Balaban J connectivity index is 1.51. The van der Waals surface area contributed by atoms with Crippen LogP contribution in [-0.2, 0) is 16.1 Å². The zero-order valence-corrected chi connectivity index (χ0v) is 16.4. The molecule has 1 atom stereocenters. The summed E-state index contributed by atoms with van der Waals surface area (Å²) in [5.74, 6) is -0.147. The van der Waals surface area contributed by atoms with Crippen LogP contribution in [0.15, 0.2) is 78.9 Å². The van der Waals surface area contributed by atoms with Gasteiger partial charge in [-0.25, -0.2) is 4.79 Å². The Morgan fingerprint density at radius 2 is 1.55 bits per heavy atom. The predicted molar refractivity (Wildman–Crippen MR) is 112 cm³/mol. The Hall–Kier alpha value is -3.60. The fourth-order valence-electron chi connectivity index (χ4n) is 2.58. The van der Waals surface area contributed by atoms with Gasteiger partial charge in [0.25, 0.3) is 5.91 Å². The zero-order valence-electron chi connectivity index (χ0n) is 16.4. The third kappa shape index (κ3) is 5.94. The van der Waals surface area contributed by atoms with Crippen molar-refractivity contribution in [3.63, 3.8) is 0 Å². The molecule has 0 aromatic heterocycles. The predicted octanol–water partition coefficient (Wildman–Crippen LogP) is 4.76. The Morgan fingerprint density at radius 3 is 2.21 bits per heavy atom. The number of anilines is 1. The van der Waals surface area contributed by atoms with Crippen molar-refractivity contribution in [2.75, 3.05) is 5.32 Å². The number of nitrogens with one attached hydrogen (secondary N) is 1. The number of hydrogen-bond acceptors (Lipinski definition) is 4. The van der Waals surface area contributed by atoms with Crippen molar-refractivity contribution >= 4 is 17.6 Å². The molecule has 0 saturated heterocycles. The number of esters is 1. The SMILES string of the molecule is Cc1ccc(NC(=O)[C@@H](C)OC(=O)c2ccc(COc3ccccc3)cc2)cc1. The number of benzene rings is 3. The molecule has 1 N–H and O–H groups in total. The molecule has 0 saturated carbocycles. The number of carbonyl (C=O) groups excluding carboxylic acids is 2. The van der Waals surface area contributed by atoms with E-state index in [0.29, 0.717) is 17.9 Å². The van der Waals surface area contributed by atoms with Crippen LogP contribution < -0.4 is 10.1 Å². The lowest BCUT2D eigenvalue weighted by atomic mass is 10.1. The van der Waals surface area contributed by atoms with E-state index >= 15 is 0 Å². The summed E-state index contributed by atoms with van der Waals surface area (Å²) >= 11 is 0. The first kappa shape index (κ1) is 20.1. The molecule has 148 valence electrons. The minimum absolute atomic E-state index is 0.378. The topological polar surface area (TPSA) is 64.6 Å². The van der Waals surface area contributed by atoms with E-state index < -0.39 is 12.1 Å². The van der Waals surface area contributed by atoms with Crippen LogP contribution in [0.2, 0.25) is 0 Å². The van der Waals surface area contributed by atoms with Gasteiger partial charge in [-0.2, -0.15) is 0 Å². The molecule has 5 nitrogen and oxygen atoms in total. The van der Waals surface area contributed by atoms with Gasteiger partial charge >= 0.3 is 5.97 Å². The average molecular weight is 389 g/mol. The summed E-state index contributed by atoms with van der Waals surface area (Å²) in [6.45, 7) is 3.91. The molecule has 0 spiro atoms. The van der Waals surface area contributed by atoms with E-state index in [1.807, 2.05) is 49.4 Å². The molecule has 1 amide bonds. The van der Waals surface area contributed by atoms with Crippen molar-refractivity contribution in [3.05, 3.63) is 95.6 Å². The lowest BCUT2D eigenvalue weighted by Gasteiger charge is -2.14. The molecule has 3 aromatic rings. The first-order valence-corrected chi connectivity index (χ1v) is 9.36. The largest absolute Gasteiger partial charge is 0.489 e. The third-order valence-electron chi connectivity index (χ3n) is 4.31. The smallest absolute Gasteiger partial charge is 0.338 e. The summed E-state index contributed by atoms with van der Waals surface area (Å²) in [5.41, 5.74) is 3.06. The average Bonchev–Trinajstić information content (AvgIpc) is 2.75. The zero-order chi connectivity index (χ0) is 20.6. The number of aryl methyl sites for hydroxylation is 1. The first-order chi connectivity index (χ1) is 14.0. The number of para-hydroxylation sites is 1. The van der Waals surface area contributed by atoms with Gasteiger partial charge in [-0.3, -0.25) is 4.79 Å². The molecule has 0 aliphatic carbocycles. The molecular weight excluding hydrogens is 366 g/mol. The van der Waals surface area contributed by atoms with E-state index in [1.54, 1.807) is 43.3 Å². The minimum Gasteiger partial charge on any atom is -0.489 e. The molecule has 0 aliphatic rings. The molecule has 29 heavy (non-hydrogen) atoms.